The lowest BCUT2D eigenvalue weighted by Crippen LogP contribution is -2.50. The zero-order valence-corrected chi connectivity index (χ0v) is 22.0. The number of aliphatic hydroxyl groups excluding tert-OH is 2. The molecule has 2 fully saturated rings. The summed E-state index contributed by atoms with van der Waals surface area (Å²) in [4.78, 5) is 16.2. The minimum Gasteiger partial charge on any atom is -0.465 e. The molecule has 2 saturated carbocycles. The second-order valence-electron chi connectivity index (χ2n) is 10.6. The van der Waals surface area contributed by atoms with Crippen molar-refractivity contribution in [1.29, 1.82) is 0 Å². The van der Waals surface area contributed by atoms with Gasteiger partial charge in [0.05, 0.1) is 23.8 Å². The quantitative estimate of drug-likeness (QED) is 0.270. The van der Waals surface area contributed by atoms with Gasteiger partial charge in [-0.1, -0.05) is 45.3 Å². The van der Waals surface area contributed by atoms with E-state index >= 15 is 0 Å². The summed E-state index contributed by atoms with van der Waals surface area (Å²) >= 11 is 1.36. The Morgan fingerprint density at radius 1 is 1.16 bits per heavy atom. The molecule has 1 heterocycles. The first-order valence-corrected chi connectivity index (χ1v) is 16.3. The number of carbonyl (C=O) groups excluding carboxylic acids is 1. The van der Waals surface area contributed by atoms with Crippen molar-refractivity contribution in [2.75, 3.05) is 12.0 Å². The van der Waals surface area contributed by atoms with Gasteiger partial charge in [-0.05, 0) is 50.5 Å². The Hall–Kier alpha value is -1.33. The van der Waals surface area contributed by atoms with Crippen molar-refractivity contribution in [3.05, 3.63) is 15.8 Å². The van der Waals surface area contributed by atoms with Crippen molar-refractivity contribution >= 4 is 31.1 Å². The zero-order chi connectivity index (χ0) is 23.5. The van der Waals surface area contributed by atoms with Gasteiger partial charge in [0.2, 0.25) is 0 Å². The van der Waals surface area contributed by atoms with Gasteiger partial charge in [-0.3, -0.25) is 0 Å². The topological polar surface area (TPSA) is 70.0 Å². The van der Waals surface area contributed by atoms with Crippen LogP contribution in [-0.2, 0) is 4.74 Å². The van der Waals surface area contributed by atoms with Crippen LogP contribution in [0.1, 0.15) is 72.8 Å². The Balaban J connectivity index is 2.01. The molecule has 0 spiro atoms. The summed E-state index contributed by atoms with van der Waals surface area (Å²) in [6.07, 6.45) is 6.34. The van der Waals surface area contributed by atoms with E-state index in [9.17, 15) is 15.0 Å². The maximum atomic E-state index is 12.7. The molecule has 3 rings (SSSR count). The fraction of sp³-hybridized carbons (Fsp3) is 0.720. The molecule has 2 N–H and O–H groups in total. The van der Waals surface area contributed by atoms with Gasteiger partial charge < -0.3 is 19.8 Å². The first-order chi connectivity index (χ1) is 15.1. The van der Waals surface area contributed by atoms with Crippen LogP contribution in [0.5, 0.6) is 0 Å². The van der Waals surface area contributed by atoms with E-state index in [0.29, 0.717) is 10.8 Å². The van der Waals surface area contributed by atoms with Gasteiger partial charge in [0, 0.05) is 12.0 Å². The number of thiophene rings is 1. The summed E-state index contributed by atoms with van der Waals surface area (Å²) in [6.45, 7) is 8.87. The van der Waals surface area contributed by atoms with Gasteiger partial charge in [0.15, 0.2) is 0 Å². The van der Waals surface area contributed by atoms with Crippen molar-refractivity contribution in [3.8, 4) is 11.5 Å². The Kier molecular flexibility index (Phi) is 8.48. The van der Waals surface area contributed by atoms with Crippen molar-refractivity contribution < 1.29 is 19.7 Å². The summed E-state index contributed by atoms with van der Waals surface area (Å²) in [6, 6.07) is 2.06. The standard InChI is InChI=1S/C25H39NO4SSi/c1-17-6-8-18(9-7-17)24(28)26(19-10-12-20(27)13-11-19)22-16-21(14-15-32(3,4)5)31-23(22)25(29)30-2/h16-20,24,27-28H,6-13H2,1-5H3/t17?,18?,19?,20?,24-/m1/s1. The molecule has 32 heavy (non-hydrogen) atoms. The summed E-state index contributed by atoms with van der Waals surface area (Å²) < 4.78 is 5.11. The Bertz CT molecular complexity index is 836. The molecule has 0 unspecified atom stereocenters. The second-order valence-corrected chi connectivity index (χ2v) is 16.4. The zero-order valence-electron chi connectivity index (χ0n) is 20.2. The van der Waals surface area contributed by atoms with E-state index in [1.54, 1.807) is 0 Å². The van der Waals surface area contributed by atoms with Gasteiger partial charge in [-0.15, -0.1) is 16.9 Å². The number of aliphatic hydroxyl groups is 2. The van der Waals surface area contributed by atoms with E-state index in [1.807, 2.05) is 6.07 Å². The summed E-state index contributed by atoms with van der Waals surface area (Å²) in [7, 11) is -0.165. The molecule has 0 aromatic carbocycles. The normalized spacial score (nSPS) is 27.2. The lowest BCUT2D eigenvalue weighted by molar-refractivity contribution is 0.0514. The molecule has 2 aliphatic carbocycles. The largest absolute Gasteiger partial charge is 0.465 e. The van der Waals surface area contributed by atoms with E-state index in [2.05, 4.69) is 42.9 Å². The van der Waals surface area contributed by atoms with E-state index in [0.717, 1.165) is 61.9 Å². The van der Waals surface area contributed by atoms with Crippen molar-refractivity contribution in [3.63, 3.8) is 0 Å². The number of hydrogen-bond acceptors (Lipinski definition) is 6. The average Bonchev–Trinajstić information content (AvgIpc) is 3.17. The van der Waals surface area contributed by atoms with Crippen LogP contribution in [-0.4, -0.2) is 49.7 Å². The number of anilines is 1. The molecule has 5 nitrogen and oxygen atoms in total. The SMILES string of the molecule is COC(=O)c1sc(C#C[Si](C)(C)C)cc1N(C1CCC(O)CC1)[C@H](O)C1CCC(C)CC1. The van der Waals surface area contributed by atoms with E-state index in [1.165, 1.54) is 18.4 Å². The van der Waals surface area contributed by atoms with Gasteiger partial charge in [0.1, 0.15) is 19.2 Å². The minimum absolute atomic E-state index is 0.0866. The van der Waals surface area contributed by atoms with Crippen LogP contribution in [0.2, 0.25) is 19.6 Å². The molecule has 0 saturated heterocycles. The van der Waals surface area contributed by atoms with Crippen LogP contribution >= 0.6 is 11.3 Å². The van der Waals surface area contributed by atoms with Gasteiger partial charge in [-0.2, -0.15) is 0 Å². The second kappa shape index (κ2) is 10.7. The first-order valence-electron chi connectivity index (χ1n) is 12.0. The predicted molar refractivity (Wildman–Crippen MR) is 134 cm³/mol. The molecule has 0 radical (unpaired) electrons. The van der Waals surface area contributed by atoms with E-state index < -0.39 is 14.3 Å². The van der Waals surface area contributed by atoms with E-state index in [-0.39, 0.29) is 24.0 Å². The lowest BCUT2D eigenvalue weighted by atomic mass is 9.81. The minimum atomic E-state index is -1.57. The number of carbonyl (C=O) groups is 1. The highest BCUT2D eigenvalue weighted by atomic mass is 32.1. The van der Waals surface area contributed by atoms with Crippen LogP contribution in [0.15, 0.2) is 6.07 Å². The molecule has 7 heteroatoms. The van der Waals surface area contributed by atoms with Crippen LogP contribution in [0.4, 0.5) is 5.69 Å². The molecule has 1 atom stereocenters. The highest BCUT2D eigenvalue weighted by Crippen LogP contribution is 2.40. The number of methoxy groups -OCH3 is 1. The molecular weight excluding hydrogens is 438 g/mol. The smallest absolute Gasteiger partial charge is 0.350 e. The summed E-state index contributed by atoms with van der Waals surface area (Å²) in [5.74, 6) is 3.79. The number of nitrogens with zero attached hydrogens (tertiary/aromatic N) is 1. The monoisotopic (exact) mass is 477 g/mol. The molecular formula is C25H39NO4SSi. The van der Waals surface area contributed by atoms with Gasteiger partial charge in [-0.25, -0.2) is 4.79 Å². The number of esters is 1. The average molecular weight is 478 g/mol. The fourth-order valence-corrected chi connectivity index (χ4v) is 6.35. The van der Waals surface area contributed by atoms with Crippen LogP contribution < -0.4 is 4.90 Å². The van der Waals surface area contributed by atoms with Crippen molar-refractivity contribution in [2.45, 2.75) is 96.3 Å². The van der Waals surface area contributed by atoms with Crippen LogP contribution in [0.3, 0.4) is 0 Å². The van der Waals surface area contributed by atoms with Crippen LogP contribution in [0, 0.1) is 23.3 Å². The third kappa shape index (κ3) is 6.38. The highest BCUT2D eigenvalue weighted by Gasteiger charge is 2.37. The van der Waals surface area contributed by atoms with E-state index in [4.69, 9.17) is 4.74 Å². The molecule has 1 aromatic heterocycles. The molecule has 0 amide bonds. The van der Waals surface area contributed by atoms with Gasteiger partial charge in [0.25, 0.3) is 0 Å². The molecule has 0 bridgehead atoms. The summed E-state index contributed by atoms with van der Waals surface area (Å²) in [5, 5.41) is 21.7. The molecule has 178 valence electrons. The van der Waals surface area contributed by atoms with Crippen LogP contribution in [0.25, 0.3) is 0 Å². The van der Waals surface area contributed by atoms with Crippen molar-refractivity contribution in [1.82, 2.24) is 0 Å². The Morgan fingerprint density at radius 3 is 2.34 bits per heavy atom. The number of hydrogen-bond donors (Lipinski definition) is 2. The molecule has 0 aliphatic heterocycles. The third-order valence-corrected chi connectivity index (χ3v) is 8.64. The highest BCUT2D eigenvalue weighted by molar-refractivity contribution is 7.15. The number of ether oxygens (including phenoxy) is 1. The molecule has 2 aliphatic rings. The van der Waals surface area contributed by atoms with Gasteiger partial charge >= 0.3 is 5.97 Å². The lowest BCUT2D eigenvalue weighted by Gasteiger charge is -2.44. The Labute approximate surface area is 198 Å². The number of rotatable bonds is 5. The Morgan fingerprint density at radius 2 is 1.78 bits per heavy atom. The van der Waals surface area contributed by atoms with Crippen molar-refractivity contribution in [2.24, 2.45) is 11.8 Å². The maximum Gasteiger partial charge on any atom is 0.350 e. The summed E-state index contributed by atoms with van der Waals surface area (Å²) in [5.41, 5.74) is 4.14. The maximum absolute atomic E-state index is 12.7. The molecule has 1 aromatic rings. The predicted octanol–water partition coefficient (Wildman–Crippen LogP) is 5.02. The first kappa shape index (κ1) is 25.3. The third-order valence-electron chi connectivity index (χ3n) is 6.75. The fourth-order valence-electron chi connectivity index (χ4n) is 4.83.